The van der Waals surface area contributed by atoms with Crippen molar-refractivity contribution in [3.8, 4) is 0 Å². The molecule has 0 atom stereocenters. The monoisotopic (exact) mass is 362 g/mol. The SMILES string of the molecule is CC1CCC(c2ccc(CCc3cc[c-]cc3)cc2)CC1.[Rb+]. The average molecular weight is 363 g/mol. The Morgan fingerprint density at radius 2 is 1.36 bits per heavy atom. The topological polar surface area (TPSA) is 0 Å². The second-order valence-corrected chi connectivity index (χ2v) is 6.61. The van der Waals surface area contributed by atoms with Crippen LogP contribution in [-0.2, 0) is 12.8 Å². The van der Waals surface area contributed by atoms with Crippen LogP contribution in [0.15, 0.2) is 48.5 Å². The van der Waals surface area contributed by atoms with E-state index in [1.807, 2.05) is 12.1 Å². The maximum absolute atomic E-state index is 3.08. The van der Waals surface area contributed by atoms with Gasteiger partial charge in [0.25, 0.3) is 0 Å². The van der Waals surface area contributed by atoms with Crippen molar-refractivity contribution in [2.75, 3.05) is 0 Å². The third kappa shape index (κ3) is 5.41. The molecule has 0 aliphatic heterocycles. The minimum Gasteiger partial charge on any atom is -0.184 e. The molecule has 1 heteroatoms. The summed E-state index contributed by atoms with van der Waals surface area (Å²) in [6.45, 7) is 2.39. The van der Waals surface area contributed by atoms with Crippen LogP contribution in [0.2, 0.25) is 0 Å². The van der Waals surface area contributed by atoms with Crippen LogP contribution < -0.4 is 58.2 Å². The molecule has 0 spiro atoms. The van der Waals surface area contributed by atoms with Crippen molar-refractivity contribution >= 4 is 0 Å². The van der Waals surface area contributed by atoms with E-state index in [1.54, 1.807) is 5.56 Å². The van der Waals surface area contributed by atoms with E-state index < -0.39 is 0 Å². The van der Waals surface area contributed by atoms with Crippen LogP contribution in [0, 0.1) is 12.0 Å². The molecule has 2 aromatic carbocycles. The van der Waals surface area contributed by atoms with Gasteiger partial charge < -0.3 is 0 Å². The fourth-order valence-electron chi connectivity index (χ4n) is 3.43. The summed E-state index contributed by atoms with van der Waals surface area (Å²) in [5.41, 5.74) is 4.41. The van der Waals surface area contributed by atoms with Crippen LogP contribution in [0.5, 0.6) is 0 Å². The Labute approximate surface area is 184 Å². The summed E-state index contributed by atoms with van der Waals surface area (Å²) in [5, 5.41) is 0. The molecule has 1 aliphatic rings. The van der Waals surface area contributed by atoms with Crippen LogP contribution in [0.25, 0.3) is 0 Å². The summed E-state index contributed by atoms with van der Waals surface area (Å²) in [7, 11) is 0. The third-order valence-corrected chi connectivity index (χ3v) is 4.96. The maximum atomic E-state index is 3.08. The summed E-state index contributed by atoms with van der Waals surface area (Å²) in [4.78, 5) is 0. The zero-order chi connectivity index (χ0) is 14.5. The molecule has 0 heterocycles. The van der Waals surface area contributed by atoms with Gasteiger partial charge in [0.05, 0.1) is 0 Å². The van der Waals surface area contributed by atoms with E-state index in [1.165, 1.54) is 36.8 Å². The summed E-state index contributed by atoms with van der Waals surface area (Å²) in [6, 6.07) is 20.8. The standard InChI is InChI=1S/C21H25.Rb/c1-17-7-13-20(14-8-17)21-15-11-19(12-16-21)10-9-18-5-3-2-4-6-18;/h3-6,11-12,15-17,20H,7-10,13-14H2,1H3;/q-1;+1. The van der Waals surface area contributed by atoms with E-state index in [-0.39, 0.29) is 58.2 Å². The van der Waals surface area contributed by atoms with Crippen molar-refractivity contribution in [2.45, 2.75) is 51.4 Å². The minimum absolute atomic E-state index is 0. The zero-order valence-electron chi connectivity index (χ0n) is 14.0. The van der Waals surface area contributed by atoms with Crippen LogP contribution in [0.4, 0.5) is 0 Å². The van der Waals surface area contributed by atoms with E-state index in [0.29, 0.717) is 0 Å². The number of aryl methyl sites for hydroxylation is 2. The van der Waals surface area contributed by atoms with E-state index in [2.05, 4.69) is 49.4 Å². The quantitative estimate of drug-likeness (QED) is 0.733. The van der Waals surface area contributed by atoms with E-state index in [9.17, 15) is 0 Å². The fourth-order valence-corrected chi connectivity index (χ4v) is 3.43. The fraction of sp³-hybridized carbons (Fsp3) is 0.429. The van der Waals surface area contributed by atoms with E-state index >= 15 is 0 Å². The summed E-state index contributed by atoms with van der Waals surface area (Å²) in [6.07, 6.45) is 7.80. The number of hydrogen-bond acceptors (Lipinski definition) is 0. The average Bonchev–Trinajstić information content (AvgIpc) is 2.55. The zero-order valence-corrected chi connectivity index (χ0v) is 18.9. The molecule has 3 rings (SSSR count). The minimum atomic E-state index is 0. The van der Waals surface area contributed by atoms with Crippen molar-refractivity contribution in [3.05, 3.63) is 71.3 Å². The Morgan fingerprint density at radius 1 is 0.818 bits per heavy atom. The molecule has 0 nitrogen and oxygen atoms in total. The predicted octanol–water partition coefficient (Wildman–Crippen LogP) is 2.57. The van der Waals surface area contributed by atoms with Gasteiger partial charge in [0, 0.05) is 0 Å². The first-order chi connectivity index (χ1) is 10.3. The van der Waals surface area contributed by atoms with Gasteiger partial charge in [-0.15, -0.1) is 0 Å². The summed E-state index contributed by atoms with van der Waals surface area (Å²) >= 11 is 0. The molecule has 0 radical (unpaired) electrons. The number of hydrogen-bond donors (Lipinski definition) is 0. The molecule has 110 valence electrons. The molecule has 1 aliphatic carbocycles. The maximum Gasteiger partial charge on any atom is 1.00 e. The van der Waals surface area contributed by atoms with Gasteiger partial charge in [-0.3, -0.25) is 0 Å². The molecular weight excluding hydrogens is 338 g/mol. The Hall–Kier alpha value is 0.245. The van der Waals surface area contributed by atoms with Crippen LogP contribution in [0.3, 0.4) is 0 Å². The first-order valence-electron chi connectivity index (χ1n) is 8.35. The van der Waals surface area contributed by atoms with Gasteiger partial charge in [0.1, 0.15) is 0 Å². The van der Waals surface area contributed by atoms with E-state index in [0.717, 1.165) is 24.7 Å². The van der Waals surface area contributed by atoms with Gasteiger partial charge in [0.2, 0.25) is 0 Å². The largest absolute Gasteiger partial charge is 1.00 e. The van der Waals surface area contributed by atoms with Crippen molar-refractivity contribution in [1.82, 2.24) is 0 Å². The van der Waals surface area contributed by atoms with E-state index in [4.69, 9.17) is 0 Å². The predicted molar refractivity (Wildman–Crippen MR) is 89.5 cm³/mol. The second kappa shape index (κ2) is 9.52. The molecule has 0 saturated heterocycles. The third-order valence-electron chi connectivity index (χ3n) is 4.96. The molecule has 22 heavy (non-hydrogen) atoms. The molecule has 0 amide bonds. The van der Waals surface area contributed by atoms with Gasteiger partial charge in [-0.25, -0.2) is 0 Å². The number of benzene rings is 2. The van der Waals surface area contributed by atoms with Crippen molar-refractivity contribution in [3.63, 3.8) is 0 Å². The van der Waals surface area contributed by atoms with Crippen LogP contribution in [0.1, 0.15) is 55.2 Å². The van der Waals surface area contributed by atoms with Gasteiger partial charge >= 0.3 is 58.2 Å². The molecule has 2 aromatic rings. The first-order valence-corrected chi connectivity index (χ1v) is 8.35. The molecular formula is C21H25Rb. The van der Waals surface area contributed by atoms with Crippen molar-refractivity contribution in [1.29, 1.82) is 0 Å². The normalized spacial score (nSPS) is 21.1. The van der Waals surface area contributed by atoms with Gasteiger partial charge in [-0.2, -0.15) is 35.9 Å². The Balaban J connectivity index is 0.00000176. The van der Waals surface area contributed by atoms with Crippen LogP contribution >= 0.6 is 0 Å². The Kier molecular flexibility index (Phi) is 8.04. The molecule has 0 bridgehead atoms. The number of rotatable bonds is 4. The summed E-state index contributed by atoms with van der Waals surface area (Å²) in [5.74, 6) is 1.74. The molecule has 0 aromatic heterocycles. The second-order valence-electron chi connectivity index (χ2n) is 6.61. The smallest absolute Gasteiger partial charge is 0.184 e. The van der Waals surface area contributed by atoms with Gasteiger partial charge in [-0.1, -0.05) is 44.0 Å². The van der Waals surface area contributed by atoms with Gasteiger partial charge in [-0.05, 0) is 48.6 Å². The Bertz CT molecular complexity index is 536. The molecule has 1 fully saturated rings. The molecule has 0 unspecified atom stereocenters. The van der Waals surface area contributed by atoms with Crippen molar-refractivity contribution in [2.24, 2.45) is 5.92 Å². The van der Waals surface area contributed by atoms with Gasteiger partial charge in [0.15, 0.2) is 0 Å². The Morgan fingerprint density at radius 3 is 1.95 bits per heavy atom. The molecule has 1 saturated carbocycles. The van der Waals surface area contributed by atoms with Crippen molar-refractivity contribution < 1.29 is 58.2 Å². The summed E-state index contributed by atoms with van der Waals surface area (Å²) < 4.78 is 0. The van der Waals surface area contributed by atoms with Crippen LogP contribution in [-0.4, -0.2) is 0 Å². The molecule has 0 N–H and O–H groups in total. The first kappa shape index (κ1) is 18.6.